The zero-order chi connectivity index (χ0) is 15.1. The van der Waals surface area contributed by atoms with E-state index in [0.29, 0.717) is 10.4 Å². The first-order valence-electron chi connectivity index (χ1n) is 6.59. The summed E-state index contributed by atoms with van der Waals surface area (Å²) in [7, 11) is 0. The minimum Gasteiger partial charge on any atom is -0.383 e. The van der Waals surface area contributed by atoms with Crippen LogP contribution in [0.4, 0.5) is 8.78 Å². The Morgan fingerprint density at radius 2 is 1.81 bits per heavy atom. The lowest BCUT2D eigenvalue weighted by molar-refractivity contribution is 0.218. The molecular weight excluding hydrogens is 290 g/mol. The zero-order valence-corrected chi connectivity index (χ0v) is 12.5. The van der Waals surface area contributed by atoms with Crippen molar-refractivity contribution >= 4 is 21.4 Å². The number of aryl methyl sites for hydroxylation is 2. The van der Waals surface area contributed by atoms with Gasteiger partial charge in [-0.15, -0.1) is 11.3 Å². The number of hydrogen-bond acceptors (Lipinski definition) is 2. The molecule has 3 rings (SSSR count). The van der Waals surface area contributed by atoms with Crippen LogP contribution in [0.1, 0.15) is 27.7 Å². The molecule has 1 heterocycles. The second-order valence-corrected chi connectivity index (χ2v) is 6.33. The van der Waals surface area contributed by atoms with Gasteiger partial charge in [0, 0.05) is 15.1 Å². The molecule has 0 amide bonds. The molecule has 0 aliphatic carbocycles. The van der Waals surface area contributed by atoms with E-state index < -0.39 is 11.9 Å². The van der Waals surface area contributed by atoms with Crippen LogP contribution >= 0.6 is 11.3 Å². The Morgan fingerprint density at radius 3 is 2.52 bits per heavy atom. The van der Waals surface area contributed by atoms with Crippen LogP contribution in [0, 0.1) is 25.5 Å². The third-order valence-corrected chi connectivity index (χ3v) is 4.68. The highest BCUT2D eigenvalue weighted by Crippen LogP contribution is 2.35. The van der Waals surface area contributed by atoms with Gasteiger partial charge in [-0.1, -0.05) is 12.1 Å². The maximum absolute atomic E-state index is 14.2. The van der Waals surface area contributed by atoms with Gasteiger partial charge in [0.25, 0.3) is 0 Å². The quantitative estimate of drug-likeness (QED) is 0.715. The van der Waals surface area contributed by atoms with Crippen LogP contribution in [0.25, 0.3) is 10.1 Å². The Kier molecular flexibility index (Phi) is 3.51. The molecule has 1 aromatic heterocycles. The van der Waals surface area contributed by atoms with Crippen molar-refractivity contribution in [3.63, 3.8) is 0 Å². The molecular formula is C17H14F2OS. The number of thiophene rings is 1. The summed E-state index contributed by atoms with van der Waals surface area (Å²) in [6.07, 6.45) is -1.04. The fourth-order valence-electron chi connectivity index (χ4n) is 2.58. The average Bonchev–Trinajstić information content (AvgIpc) is 2.80. The minimum absolute atomic E-state index is 0.285. The van der Waals surface area contributed by atoms with Crippen LogP contribution in [0.15, 0.2) is 36.4 Å². The molecule has 0 bridgehead atoms. The van der Waals surface area contributed by atoms with Crippen LogP contribution < -0.4 is 0 Å². The van der Waals surface area contributed by atoms with E-state index in [-0.39, 0.29) is 11.4 Å². The summed E-state index contributed by atoms with van der Waals surface area (Å²) in [6, 6.07) is 9.50. The summed E-state index contributed by atoms with van der Waals surface area (Å²) in [5.41, 5.74) is 1.82. The van der Waals surface area contributed by atoms with E-state index in [1.54, 1.807) is 19.1 Å². The summed E-state index contributed by atoms with van der Waals surface area (Å²) in [5, 5.41) is 11.3. The molecule has 0 spiro atoms. The highest BCUT2D eigenvalue weighted by Gasteiger charge is 2.20. The first-order chi connectivity index (χ1) is 9.95. The van der Waals surface area contributed by atoms with E-state index in [1.165, 1.54) is 29.5 Å². The van der Waals surface area contributed by atoms with Gasteiger partial charge in [0.2, 0.25) is 0 Å². The normalized spacial score (nSPS) is 12.8. The molecule has 0 radical (unpaired) electrons. The standard InChI is InChI=1S/C17H14F2OS/c1-9-5-10(2)16(13(19)6-9)17(20)15-7-11-3-4-12(18)8-14(11)21-15/h3-8,17,20H,1-2H3. The van der Waals surface area contributed by atoms with Crippen molar-refractivity contribution in [3.8, 4) is 0 Å². The van der Waals surface area contributed by atoms with Gasteiger partial charge in [-0.25, -0.2) is 8.78 Å². The summed E-state index contributed by atoms with van der Waals surface area (Å²) < 4.78 is 28.1. The Labute approximate surface area is 125 Å². The van der Waals surface area contributed by atoms with Crippen LogP contribution in [0.3, 0.4) is 0 Å². The number of fused-ring (bicyclic) bond motifs is 1. The van der Waals surface area contributed by atoms with Crippen LogP contribution in [-0.2, 0) is 0 Å². The first kappa shape index (κ1) is 14.2. The predicted octanol–water partition coefficient (Wildman–Crippen LogP) is 4.88. The molecule has 2 aromatic carbocycles. The average molecular weight is 304 g/mol. The Bertz CT molecular complexity index is 800. The molecule has 1 atom stereocenters. The first-order valence-corrected chi connectivity index (χ1v) is 7.41. The van der Waals surface area contributed by atoms with Gasteiger partial charge in [0.15, 0.2) is 0 Å². The van der Waals surface area contributed by atoms with Gasteiger partial charge in [-0.05, 0) is 54.6 Å². The van der Waals surface area contributed by atoms with Crippen LogP contribution in [0.5, 0.6) is 0 Å². The number of aliphatic hydroxyl groups excluding tert-OH is 1. The van der Waals surface area contributed by atoms with Crippen molar-refractivity contribution in [2.24, 2.45) is 0 Å². The van der Waals surface area contributed by atoms with Gasteiger partial charge in [-0.2, -0.15) is 0 Å². The molecule has 0 aliphatic heterocycles. The van der Waals surface area contributed by atoms with E-state index in [0.717, 1.165) is 15.6 Å². The highest BCUT2D eigenvalue weighted by atomic mass is 32.1. The summed E-state index contributed by atoms with van der Waals surface area (Å²) in [6.45, 7) is 3.59. The van der Waals surface area contributed by atoms with Crippen molar-refractivity contribution in [2.45, 2.75) is 20.0 Å². The number of halogens is 2. The lowest BCUT2D eigenvalue weighted by Gasteiger charge is -2.14. The maximum atomic E-state index is 14.2. The monoisotopic (exact) mass is 304 g/mol. The summed E-state index contributed by atoms with van der Waals surface area (Å²) in [4.78, 5) is 0.612. The smallest absolute Gasteiger partial charge is 0.129 e. The molecule has 0 saturated carbocycles. The van der Waals surface area contributed by atoms with Gasteiger partial charge < -0.3 is 5.11 Å². The number of rotatable bonds is 2. The highest BCUT2D eigenvalue weighted by molar-refractivity contribution is 7.19. The molecule has 1 nitrogen and oxygen atoms in total. The van der Waals surface area contributed by atoms with E-state index in [9.17, 15) is 13.9 Å². The molecule has 0 saturated heterocycles. The van der Waals surface area contributed by atoms with E-state index >= 15 is 0 Å². The Hall–Kier alpha value is -1.78. The molecule has 1 unspecified atom stereocenters. The molecule has 4 heteroatoms. The van der Waals surface area contributed by atoms with E-state index in [2.05, 4.69) is 0 Å². The Balaban J connectivity index is 2.10. The molecule has 0 aliphatic rings. The van der Waals surface area contributed by atoms with Crippen molar-refractivity contribution in [1.29, 1.82) is 0 Å². The summed E-state index contributed by atoms with van der Waals surface area (Å²) >= 11 is 1.28. The third kappa shape index (κ3) is 2.57. The number of benzene rings is 2. The SMILES string of the molecule is Cc1cc(C)c(C(O)c2cc3ccc(F)cc3s2)c(F)c1. The second-order valence-electron chi connectivity index (χ2n) is 5.21. The number of aliphatic hydroxyl groups is 1. The summed E-state index contributed by atoms with van der Waals surface area (Å²) in [5.74, 6) is -0.730. The van der Waals surface area contributed by atoms with Crippen LogP contribution in [-0.4, -0.2) is 5.11 Å². The van der Waals surface area contributed by atoms with Gasteiger partial charge >= 0.3 is 0 Å². The second kappa shape index (κ2) is 5.20. The largest absolute Gasteiger partial charge is 0.383 e. The van der Waals surface area contributed by atoms with Crippen LogP contribution in [0.2, 0.25) is 0 Å². The maximum Gasteiger partial charge on any atom is 0.129 e. The lowest BCUT2D eigenvalue weighted by atomic mass is 9.99. The molecule has 21 heavy (non-hydrogen) atoms. The third-order valence-electron chi connectivity index (χ3n) is 3.52. The zero-order valence-electron chi connectivity index (χ0n) is 11.7. The molecule has 108 valence electrons. The van der Waals surface area contributed by atoms with Crippen molar-refractivity contribution in [1.82, 2.24) is 0 Å². The Morgan fingerprint density at radius 1 is 1.05 bits per heavy atom. The molecule has 1 N–H and O–H groups in total. The molecule has 0 fully saturated rings. The molecule has 3 aromatic rings. The minimum atomic E-state index is -1.04. The van der Waals surface area contributed by atoms with Gasteiger partial charge in [-0.3, -0.25) is 0 Å². The fraction of sp³-hybridized carbons (Fsp3) is 0.176. The van der Waals surface area contributed by atoms with Gasteiger partial charge in [0.1, 0.15) is 17.7 Å². The van der Waals surface area contributed by atoms with Crippen molar-refractivity contribution in [2.75, 3.05) is 0 Å². The van der Waals surface area contributed by atoms with Gasteiger partial charge in [0.05, 0.1) is 0 Å². The lowest BCUT2D eigenvalue weighted by Crippen LogP contribution is -2.04. The van der Waals surface area contributed by atoms with Crippen molar-refractivity contribution < 1.29 is 13.9 Å². The number of hydrogen-bond donors (Lipinski definition) is 1. The van der Waals surface area contributed by atoms with E-state index in [1.807, 2.05) is 13.0 Å². The topological polar surface area (TPSA) is 20.2 Å². The predicted molar refractivity (Wildman–Crippen MR) is 81.7 cm³/mol. The van der Waals surface area contributed by atoms with Crippen molar-refractivity contribution in [3.05, 3.63) is 69.6 Å². The fourth-order valence-corrected chi connectivity index (χ4v) is 3.66. The van der Waals surface area contributed by atoms with E-state index in [4.69, 9.17) is 0 Å².